The molecule has 2 saturated heterocycles. The number of aliphatic hydroxyl groups is 1. The van der Waals surface area contributed by atoms with E-state index in [1.807, 2.05) is 0 Å². The number of hydrogen-bond donors (Lipinski definition) is 2. The van der Waals surface area contributed by atoms with Crippen molar-refractivity contribution in [1.29, 1.82) is 5.26 Å². The van der Waals surface area contributed by atoms with Gasteiger partial charge in [0.25, 0.3) is 0 Å². The van der Waals surface area contributed by atoms with Crippen molar-refractivity contribution >= 4 is 0 Å². The number of hydrogen-bond acceptors (Lipinski definition) is 3. The Hall–Kier alpha value is -0.590. The summed E-state index contributed by atoms with van der Waals surface area (Å²) in [5.41, 5.74) is -0.438. The van der Waals surface area contributed by atoms with Crippen LogP contribution in [0, 0.1) is 11.3 Å². The van der Waals surface area contributed by atoms with Crippen LogP contribution >= 0.6 is 0 Å². The average Bonchev–Trinajstić information content (AvgIpc) is 2.54. The van der Waals surface area contributed by atoms with Gasteiger partial charge in [-0.25, -0.2) is 0 Å². The van der Waals surface area contributed by atoms with Crippen LogP contribution in [-0.4, -0.2) is 22.8 Å². The molecule has 2 aliphatic heterocycles. The lowest BCUT2D eigenvalue weighted by atomic mass is 9.83. The highest BCUT2D eigenvalue weighted by atomic mass is 16.3. The second-order valence-electron chi connectivity index (χ2n) is 5.14. The maximum atomic E-state index is 10.4. The first-order chi connectivity index (χ1) is 7.22. The van der Waals surface area contributed by atoms with Crippen molar-refractivity contribution in [3.05, 3.63) is 0 Å². The molecule has 2 unspecified atom stereocenters. The van der Waals surface area contributed by atoms with E-state index in [-0.39, 0.29) is 0 Å². The summed E-state index contributed by atoms with van der Waals surface area (Å²) in [5.74, 6) is 0. The van der Waals surface area contributed by atoms with Crippen LogP contribution < -0.4 is 5.32 Å². The van der Waals surface area contributed by atoms with Gasteiger partial charge in [0.05, 0.1) is 11.7 Å². The fourth-order valence-electron chi connectivity index (χ4n) is 3.09. The lowest BCUT2D eigenvalue weighted by molar-refractivity contribution is -0.0157. The smallest absolute Gasteiger partial charge is 0.0677 e. The Morgan fingerprint density at radius 3 is 2.53 bits per heavy atom. The summed E-state index contributed by atoms with van der Waals surface area (Å²) in [5, 5.41) is 22.4. The van der Waals surface area contributed by atoms with E-state index in [9.17, 15) is 5.11 Å². The number of fused-ring (bicyclic) bond motifs is 2. The van der Waals surface area contributed by atoms with E-state index in [1.54, 1.807) is 0 Å². The van der Waals surface area contributed by atoms with Crippen LogP contribution in [0.3, 0.4) is 0 Å². The molecule has 2 rings (SSSR count). The van der Waals surface area contributed by atoms with Gasteiger partial charge in [-0.1, -0.05) is 0 Å². The molecular formula is C12H20N2O. The second-order valence-corrected chi connectivity index (χ2v) is 5.14. The van der Waals surface area contributed by atoms with Crippen LogP contribution in [0.1, 0.15) is 51.4 Å². The molecular weight excluding hydrogens is 188 g/mol. The SMILES string of the molecule is N#CCCCCC1(O)CC2CCC(C1)N2. The number of nitrogens with zero attached hydrogens (tertiary/aromatic N) is 1. The second kappa shape index (κ2) is 4.51. The minimum atomic E-state index is -0.438. The minimum Gasteiger partial charge on any atom is -0.390 e. The Morgan fingerprint density at radius 1 is 1.27 bits per heavy atom. The first kappa shape index (κ1) is 10.9. The number of piperidine rings is 1. The highest BCUT2D eigenvalue weighted by Gasteiger charge is 2.41. The molecule has 2 atom stereocenters. The molecule has 0 radical (unpaired) electrons. The molecule has 2 aliphatic rings. The van der Waals surface area contributed by atoms with E-state index in [4.69, 9.17) is 5.26 Å². The number of nitriles is 1. The predicted molar refractivity (Wildman–Crippen MR) is 58.2 cm³/mol. The number of rotatable bonds is 4. The quantitative estimate of drug-likeness (QED) is 0.692. The molecule has 0 aromatic carbocycles. The Kier molecular flexibility index (Phi) is 3.28. The van der Waals surface area contributed by atoms with E-state index in [1.165, 1.54) is 12.8 Å². The van der Waals surface area contributed by atoms with Gasteiger partial charge >= 0.3 is 0 Å². The van der Waals surface area contributed by atoms with Gasteiger partial charge in [-0.15, -0.1) is 0 Å². The van der Waals surface area contributed by atoms with Crippen molar-refractivity contribution in [2.24, 2.45) is 0 Å². The van der Waals surface area contributed by atoms with E-state index in [0.717, 1.165) is 32.1 Å². The van der Waals surface area contributed by atoms with Crippen LogP contribution in [0.25, 0.3) is 0 Å². The molecule has 0 amide bonds. The third kappa shape index (κ3) is 2.70. The molecule has 3 heteroatoms. The Balaban J connectivity index is 1.78. The van der Waals surface area contributed by atoms with Crippen molar-refractivity contribution in [2.75, 3.05) is 0 Å². The minimum absolute atomic E-state index is 0.438. The molecule has 0 spiro atoms. The van der Waals surface area contributed by atoms with Gasteiger partial charge < -0.3 is 10.4 Å². The van der Waals surface area contributed by atoms with E-state index in [2.05, 4.69) is 11.4 Å². The zero-order chi connectivity index (χ0) is 10.7. The van der Waals surface area contributed by atoms with E-state index >= 15 is 0 Å². The van der Waals surface area contributed by atoms with Gasteiger partial charge in [0.1, 0.15) is 0 Å². The Bertz CT molecular complexity index is 247. The zero-order valence-electron chi connectivity index (χ0n) is 9.21. The molecule has 0 aromatic heterocycles. The third-order valence-electron chi connectivity index (χ3n) is 3.77. The molecule has 2 N–H and O–H groups in total. The first-order valence-corrected chi connectivity index (χ1v) is 6.07. The maximum absolute atomic E-state index is 10.4. The maximum Gasteiger partial charge on any atom is 0.0677 e. The summed E-state index contributed by atoms with van der Waals surface area (Å²) in [6.07, 6.45) is 7.71. The lowest BCUT2D eigenvalue weighted by Gasteiger charge is -2.37. The van der Waals surface area contributed by atoms with Gasteiger partial charge in [-0.05, 0) is 44.9 Å². The summed E-state index contributed by atoms with van der Waals surface area (Å²) < 4.78 is 0. The summed E-state index contributed by atoms with van der Waals surface area (Å²) in [6, 6.07) is 3.25. The van der Waals surface area contributed by atoms with Gasteiger partial charge in [-0.3, -0.25) is 0 Å². The Labute approximate surface area is 91.5 Å². The molecule has 84 valence electrons. The van der Waals surface area contributed by atoms with Crippen LogP contribution in [0.5, 0.6) is 0 Å². The fourth-order valence-corrected chi connectivity index (χ4v) is 3.09. The van der Waals surface area contributed by atoms with Gasteiger partial charge in [-0.2, -0.15) is 5.26 Å². The summed E-state index contributed by atoms with van der Waals surface area (Å²) in [4.78, 5) is 0. The van der Waals surface area contributed by atoms with Crippen molar-refractivity contribution in [3.8, 4) is 6.07 Å². The van der Waals surface area contributed by atoms with Crippen molar-refractivity contribution in [2.45, 2.75) is 69.1 Å². The average molecular weight is 208 g/mol. The summed E-state index contributed by atoms with van der Waals surface area (Å²) in [7, 11) is 0. The normalized spacial score (nSPS) is 38.9. The van der Waals surface area contributed by atoms with Crippen molar-refractivity contribution in [3.63, 3.8) is 0 Å². The molecule has 2 bridgehead atoms. The van der Waals surface area contributed by atoms with Crippen LogP contribution in [0.2, 0.25) is 0 Å². The highest BCUT2D eigenvalue weighted by Crippen LogP contribution is 2.36. The lowest BCUT2D eigenvalue weighted by Crippen LogP contribution is -2.48. The topological polar surface area (TPSA) is 56.0 Å². The molecule has 2 fully saturated rings. The molecule has 3 nitrogen and oxygen atoms in total. The third-order valence-corrected chi connectivity index (χ3v) is 3.77. The van der Waals surface area contributed by atoms with E-state index in [0.29, 0.717) is 18.5 Å². The van der Waals surface area contributed by atoms with Gasteiger partial charge in [0.15, 0.2) is 0 Å². The Morgan fingerprint density at radius 2 is 1.93 bits per heavy atom. The predicted octanol–water partition coefficient (Wildman–Crippen LogP) is 1.72. The molecule has 0 aromatic rings. The fraction of sp³-hybridized carbons (Fsp3) is 0.917. The standard InChI is InChI=1S/C12H20N2O/c13-7-3-1-2-6-12(15)8-10-4-5-11(9-12)14-10/h10-11,14-15H,1-6,8-9H2. The molecule has 0 saturated carbocycles. The van der Waals surface area contributed by atoms with Gasteiger partial charge in [0.2, 0.25) is 0 Å². The molecule has 15 heavy (non-hydrogen) atoms. The molecule has 2 heterocycles. The molecule has 0 aliphatic carbocycles. The van der Waals surface area contributed by atoms with Crippen molar-refractivity contribution in [1.82, 2.24) is 5.32 Å². The monoisotopic (exact) mass is 208 g/mol. The summed E-state index contributed by atoms with van der Waals surface area (Å²) >= 11 is 0. The zero-order valence-corrected chi connectivity index (χ0v) is 9.21. The summed E-state index contributed by atoms with van der Waals surface area (Å²) in [6.45, 7) is 0. The highest BCUT2D eigenvalue weighted by molar-refractivity contribution is 4.99. The van der Waals surface area contributed by atoms with Crippen LogP contribution in [0.15, 0.2) is 0 Å². The first-order valence-electron chi connectivity index (χ1n) is 6.07. The number of unbranched alkanes of at least 4 members (excludes halogenated alkanes) is 2. The van der Waals surface area contributed by atoms with Crippen LogP contribution in [0.4, 0.5) is 0 Å². The van der Waals surface area contributed by atoms with E-state index < -0.39 is 5.60 Å². The van der Waals surface area contributed by atoms with Gasteiger partial charge in [0, 0.05) is 18.5 Å². The van der Waals surface area contributed by atoms with Crippen molar-refractivity contribution < 1.29 is 5.11 Å². The largest absolute Gasteiger partial charge is 0.390 e. The van der Waals surface area contributed by atoms with Crippen LogP contribution in [-0.2, 0) is 0 Å². The number of nitrogens with one attached hydrogen (secondary N) is 1.